The summed E-state index contributed by atoms with van der Waals surface area (Å²) < 4.78 is 0. The summed E-state index contributed by atoms with van der Waals surface area (Å²) in [7, 11) is 0. The lowest BCUT2D eigenvalue weighted by Gasteiger charge is -2.08. The molecule has 0 bridgehead atoms. The molecule has 2 aliphatic rings. The van der Waals surface area contributed by atoms with Gasteiger partial charge >= 0.3 is 0 Å². The van der Waals surface area contributed by atoms with Crippen LogP contribution in [0, 0.1) is 45.3 Å². The minimum atomic E-state index is 0.0536. The molecule has 0 unspecified atom stereocenters. The van der Waals surface area contributed by atoms with Crippen molar-refractivity contribution in [2.45, 2.75) is 0 Å². The van der Waals surface area contributed by atoms with Crippen LogP contribution in [0.1, 0.15) is 20.9 Å². The first-order chi connectivity index (χ1) is 19.2. The van der Waals surface area contributed by atoms with E-state index in [1.807, 2.05) is 22.9 Å². The van der Waals surface area contributed by atoms with Gasteiger partial charge in [0.2, 0.25) is 0 Å². The number of benzene rings is 2. The summed E-state index contributed by atoms with van der Waals surface area (Å²) in [4.78, 5) is 3.88. The van der Waals surface area contributed by atoms with Crippen LogP contribution in [0.15, 0.2) is 82.6 Å². The fraction of sp³-hybridized carbons (Fsp3) is 0. The van der Waals surface area contributed by atoms with Gasteiger partial charge in [0.1, 0.15) is 35.4 Å². The Labute approximate surface area is 236 Å². The third kappa shape index (κ3) is 3.23. The van der Waals surface area contributed by atoms with Crippen molar-refractivity contribution in [2.24, 2.45) is 0 Å². The van der Waals surface area contributed by atoms with Crippen LogP contribution in [-0.2, 0) is 0 Å². The number of hydrogen-bond acceptors (Lipinski definition) is 7. The second-order valence-corrected chi connectivity index (χ2v) is 11.8. The lowest BCUT2D eigenvalue weighted by atomic mass is 9.96. The smallest absolute Gasteiger partial charge is 0.138 e. The molecule has 2 aliphatic carbocycles. The lowest BCUT2D eigenvalue weighted by Crippen LogP contribution is -1.88. The van der Waals surface area contributed by atoms with Gasteiger partial charge in [0.15, 0.2) is 0 Å². The maximum atomic E-state index is 9.92. The van der Waals surface area contributed by atoms with Crippen molar-refractivity contribution in [3.05, 3.63) is 103 Å². The van der Waals surface area contributed by atoms with E-state index in [1.54, 1.807) is 22.7 Å². The molecule has 0 atom stereocenters. The summed E-state index contributed by atoms with van der Waals surface area (Å²) in [5.74, 6) is 0. The second kappa shape index (κ2) is 8.78. The van der Waals surface area contributed by atoms with Crippen LogP contribution < -0.4 is 0 Å². The normalized spacial score (nSPS) is 11.9. The number of rotatable bonds is 2. The van der Waals surface area contributed by atoms with Crippen molar-refractivity contribution >= 4 is 45.2 Å². The molecule has 0 aliphatic heterocycles. The Bertz CT molecular complexity index is 1910. The Morgan fingerprint density at radius 1 is 0.538 bits per heavy atom. The average Bonchev–Trinajstić information content (AvgIpc) is 3.79. The van der Waals surface area contributed by atoms with Gasteiger partial charge in [0, 0.05) is 41.8 Å². The van der Waals surface area contributed by atoms with E-state index in [9.17, 15) is 21.0 Å². The number of allylic oxidation sites excluding steroid dienone is 2. The van der Waals surface area contributed by atoms with Crippen LogP contribution >= 0.6 is 34.0 Å². The maximum Gasteiger partial charge on any atom is 0.138 e. The Morgan fingerprint density at radius 3 is 1.33 bits per heavy atom. The molecular weight excluding hydrogens is 537 g/mol. The monoisotopic (exact) mass is 548 g/mol. The summed E-state index contributed by atoms with van der Waals surface area (Å²) in [5, 5.41) is 43.7. The number of hydrogen-bond donors (Lipinski definition) is 0. The standard InChI is InChI=1S/C32H12N4S3/c33-13-19(14-34)27-23-11-17(25-3-1-9-37-25)5-7-21(23)29-30-22-8-6-18(26-4-2-10-38-26)12-24(22)28(20(15-35)16-36)32(30)39-31(27)29/h1-12H. The maximum absolute atomic E-state index is 9.92. The molecule has 39 heavy (non-hydrogen) atoms. The van der Waals surface area contributed by atoms with Gasteiger partial charge in [-0.15, -0.1) is 34.0 Å². The Morgan fingerprint density at radius 2 is 0.974 bits per heavy atom. The highest BCUT2D eigenvalue weighted by atomic mass is 32.1. The fourth-order valence-corrected chi connectivity index (χ4v) is 8.35. The Balaban J connectivity index is 1.56. The summed E-state index contributed by atoms with van der Waals surface area (Å²) in [6.45, 7) is 0. The van der Waals surface area contributed by atoms with Gasteiger partial charge < -0.3 is 0 Å². The number of thiophene rings is 3. The van der Waals surface area contributed by atoms with Crippen LogP contribution in [0.3, 0.4) is 0 Å². The molecule has 7 heteroatoms. The fourth-order valence-electron chi connectivity index (χ4n) is 5.44. The third-order valence-corrected chi connectivity index (χ3v) is 10.1. The highest BCUT2D eigenvalue weighted by Crippen LogP contribution is 2.61. The predicted molar refractivity (Wildman–Crippen MR) is 156 cm³/mol. The zero-order valence-corrected chi connectivity index (χ0v) is 22.4. The van der Waals surface area contributed by atoms with E-state index in [-0.39, 0.29) is 11.1 Å². The first-order valence-electron chi connectivity index (χ1n) is 11.8. The van der Waals surface area contributed by atoms with Crippen LogP contribution in [0.5, 0.6) is 0 Å². The van der Waals surface area contributed by atoms with Gasteiger partial charge in [-0.1, -0.05) is 36.4 Å². The average molecular weight is 549 g/mol. The third-order valence-electron chi connectivity index (χ3n) is 7.04. The van der Waals surface area contributed by atoms with Crippen molar-refractivity contribution in [2.75, 3.05) is 0 Å². The molecule has 4 nitrogen and oxygen atoms in total. The largest absolute Gasteiger partial charge is 0.192 e. The van der Waals surface area contributed by atoms with Crippen molar-refractivity contribution in [1.29, 1.82) is 21.0 Å². The Hall–Kier alpha value is -5.02. The molecule has 0 N–H and O–H groups in total. The van der Waals surface area contributed by atoms with Gasteiger partial charge in [-0.3, -0.25) is 0 Å². The molecule has 2 aromatic carbocycles. The molecule has 0 amide bonds. The second-order valence-electron chi connectivity index (χ2n) is 8.93. The molecule has 0 saturated carbocycles. The molecule has 0 radical (unpaired) electrons. The minimum absolute atomic E-state index is 0.0536. The molecule has 0 fully saturated rings. The van der Waals surface area contributed by atoms with E-state index in [2.05, 4.69) is 72.8 Å². The highest BCUT2D eigenvalue weighted by Gasteiger charge is 2.39. The van der Waals surface area contributed by atoms with Crippen molar-refractivity contribution in [3.8, 4) is 67.4 Å². The lowest BCUT2D eigenvalue weighted by molar-refractivity contribution is 1.46. The van der Waals surface area contributed by atoms with Gasteiger partial charge in [-0.25, -0.2) is 0 Å². The SMILES string of the molecule is N#CC(C#N)=C1c2cc(-c3cccs3)ccc2-c2c1sc1c2-c2ccc(-c3cccs3)cc2C1=C(C#N)C#N. The zero-order valence-electron chi connectivity index (χ0n) is 19.9. The van der Waals surface area contributed by atoms with Crippen molar-refractivity contribution < 1.29 is 0 Å². The van der Waals surface area contributed by atoms with Crippen LogP contribution in [0.25, 0.3) is 54.3 Å². The van der Waals surface area contributed by atoms with Gasteiger partial charge in [-0.2, -0.15) is 21.0 Å². The van der Waals surface area contributed by atoms with Crippen LogP contribution in [-0.4, -0.2) is 0 Å². The molecule has 7 rings (SSSR count). The van der Waals surface area contributed by atoms with Crippen molar-refractivity contribution in [1.82, 2.24) is 0 Å². The van der Waals surface area contributed by atoms with Crippen LogP contribution in [0.4, 0.5) is 0 Å². The van der Waals surface area contributed by atoms with E-state index in [0.29, 0.717) is 11.1 Å². The summed E-state index contributed by atoms with van der Waals surface area (Å²) in [6.07, 6.45) is 0. The minimum Gasteiger partial charge on any atom is -0.192 e. The van der Waals surface area contributed by atoms with E-state index in [1.165, 1.54) is 11.3 Å². The molecular formula is C32H12N4S3. The summed E-state index contributed by atoms with van der Waals surface area (Å²) >= 11 is 4.73. The van der Waals surface area contributed by atoms with E-state index >= 15 is 0 Å². The molecule has 0 spiro atoms. The topological polar surface area (TPSA) is 95.2 Å². The molecule has 0 saturated heterocycles. The molecule has 178 valence electrons. The van der Waals surface area contributed by atoms with Crippen LogP contribution in [0.2, 0.25) is 0 Å². The predicted octanol–water partition coefficient (Wildman–Crippen LogP) is 8.86. The van der Waals surface area contributed by atoms with Gasteiger partial charge in [-0.05, 0) is 68.4 Å². The first kappa shape index (κ1) is 23.1. The van der Waals surface area contributed by atoms with Gasteiger partial charge in [0.05, 0.1) is 0 Å². The van der Waals surface area contributed by atoms with E-state index in [4.69, 9.17) is 0 Å². The molecule has 5 aromatic rings. The highest BCUT2D eigenvalue weighted by molar-refractivity contribution is 7.16. The summed E-state index contributed by atoms with van der Waals surface area (Å²) in [5.41, 5.74) is 8.93. The van der Waals surface area contributed by atoms with Gasteiger partial charge in [0.25, 0.3) is 0 Å². The molecule has 3 heterocycles. The quantitative estimate of drug-likeness (QED) is 0.202. The molecule has 3 aromatic heterocycles. The number of fused-ring (bicyclic) bond motifs is 7. The Kier molecular flexibility index (Phi) is 5.21. The van der Waals surface area contributed by atoms with E-state index < -0.39 is 0 Å². The number of nitrogens with zero attached hydrogens (tertiary/aromatic N) is 4. The van der Waals surface area contributed by atoms with Crippen molar-refractivity contribution in [3.63, 3.8) is 0 Å². The zero-order chi connectivity index (χ0) is 26.7. The number of nitriles is 4. The first-order valence-corrected chi connectivity index (χ1v) is 14.4. The summed E-state index contributed by atoms with van der Waals surface area (Å²) in [6, 6.07) is 28.9. The van der Waals surface area contributed by atoms with E-state index in [0.717, 1.165) is 64.0 Å².